The van der Waals surface area contributed by atoms with Gasteiger partial charge < -0.3 is 0 Å². The molecule has 0 aromatic carbocycles. The van der Waals surface area contributed by atoms with E-state index >= 15 is 0 Å². The van der Waals surface area contributed by atoms with Crippen LogP contribution in [0.25, 0.3) is 0 Å². The fourth-order valence-corrected chi connectivity index (χ4v) is 2.44. The highest BCUT2D eigenvalue weighted by Gasteiger charge is 2.37. The Morgan fingerprint density at radius 3 is 1.47 bits per heavy atom. The summed E-state index contributed by atoms with van der Waals surface area (Å²) in [6, 6.07) is 0. The molecule has 1 aliphatic carbocycles. The zero-order chi connectivity index (χ0) is 13.6. The highest BCUT2D eigenvalue weighted by Crippen LogP contribution is 2.48. The second kappa shape index (κ2) is 4.00. The van der Waals surface area contributed by atoms with Crippen LogP contribution in [0.1, 0.15) is 62.3 Å². The SMILES string of the molecule is CC(C)(C)C1=CC(C(C)(C)C)C(C(C)(C)C)=C1. The summed E-state index contributed by atoms with van der Waals surface area (Å²) in [5.41, 5.74) is 3.93. The molecule has 1 atom stereocenters. The van der Waals surface area contributed by atoms with Gasteiger partial charge in [-0.2, -0.15) is 0 Å². The molecule has 0 saturated heterocycles. The minimum absolute atomic E-state index is 0.260. The lowest BCUT2D eigenvalue weighted by molar-refractivity contribution is 0.291. The summed E-state index contributed by atoms with van der Waals surface area (Å²) in [5, 5.41) is 0. The molecule has 0 aromatic rings. The molecule has 0 aliphatic heterocycles. The topological polar surface area (TPSA) is 0 Å². The molecule has 0 amide bonds. The summed E-state index contributed by atoms with van der Waals surface area (Å²) in [5.74, 6) is 0.580. The van der Waals surface area contributed by atoms with Crippen LogP contribution >= 0.6 is 0 Å². The quantitative estimate of drug-likeness (QED) is 0.511. The fraction of sp³-hybridized carbons (Fsp3) is 0.765. The van der Waals surface area contributed by atoms with Gasteiger partial charge >= 0.3 is 0 Å². The molecule has 0 nitrogen and oxygen atoms in total. The first-order valence-electron chi connectivity index (χ1n) is 6.78. The number of allylic oxidation sites excluding steroid dienone is 4. The lowest BCUT2D eigenvalue weighted by atomic mass is 9.70. The smallest absolute Gasteiger partial charge is 0.00398 e. The molecule has 17 heavy (non-hydrogen) atoms. The van der Waals surface area contributed by atoms with Gasteiger partial charge in [-0.3, -0.25) is 0 Å². The van der Waals surface area contributed by atoms with Crippen molar-refractivity contribution >= 4 is 0 Å². The van der Waals surface area contributed by atoms with E-state index in [0.717, 1.165) is 0 Å². The second-order valence-electron chi connectivity index (χ2n) is 8.57. The third kappa shape index (κ3) is 3.24. The van der Waals surface area contributed by atoms with Crippen LogP contribution in [0, 0.1) is 22.2 Å². The zero-order valence-corrected chi connectivity index (χ0v) is 13.2. The molecule has 0 bridgehead atoms. The van der Waals surface area contributed by atoms with Gasteiger partial charge in [-0.1, -0.05) is 80.0 Å². The normalized spacial score (nSPS) is 22.5. The third-order valence-corrected chi connectivity index (χ3v) is 3.66. The lowest BCUT2D eigenvalue weighted by Gasteiger charge is -2.35. The van der Waals surface area contributed by atoms with Crippen LogP contribution < -0.4 is 0 Å². The molecular formula is C17H30. The third-order valence-electron chi connectivity index (χ3n) is 3.66. The van der Waals surface area contributed by atoms with E-state index in [2.05, 4.69) is 74.5 Å². The molecule has 98 valence electrons. The number of rotatable bonds is 0. The van der Waals surface area contributed by atoms with Crippen LogP contribution in [0.3, 0.4) is 0 Å². The van der Waals surface area contributed by atoms with Crippen LogP contribution in [0.5, 0.6) is 0 Å². The van der Waals surface area contributed by atoms with Crippen molar-refractivity contribution in [1.82, 2.24) is 0 Å². The van der Waals surface area contributed by atoms with E-state index in [9.17, 15) is 0 Å². The molecular weight excluding hydrogens is 204 g/mol. The van der Waals surface area contributed by atoms with Crippen LogP contribution in [0.4, 0.5) is 0 Å². The van der Waals surface area contributed by atoms with Gasteiger partial charge in [-0.15, -0.1) is 0 Å². The molecule has 0 N–H and O–H groups in total. The van der Waals surface area contributed by atoms with Gasteiger partial charge in [-0.05, 0) is 21.8 Å². The standard InChI is InChI=1S/C17H30/c1-15(2,3)12-10-13(16(4,5)6)14(11-12)17(7,8)9/h10-11,13H,1-9H3. The average molecular weight is 234 g/mol. The molecule has 0 saturated carbocycles. The van der Waals surface area contributed by atoms with Crippen molar-refractivity contribution in [3.05, 3.63) is 23.3 Å². The van der Waals surface area contributed by atoms with Crippen molar-refractivity contribution in [3.63, 3.8) is 0 Å². The Morgan fingerprint density at radius 2 is 1.24 bits per heavy atom. The number of hydrogen-bond donors (Lipinski definition) is 0. The van der Waals surface area contributed by atoms with Gasteiger partial charge in [0.2, 0.25) is 0 Å². The van der Waals surface area contributed by atoms with E-state index in [4.69, 9.17) is 0 Å². The summed E-state index contributed by atoms with van der Waals surface area (Å²) in [4.78, 5) is 0. The van der Waals surface area contributed by atoms with Crippen molar-refractivity contribution in [2.45, 2.75) is 62.3 Å². The summed E-state index contributed by atoms with van der Waals surface area (Å²) < 4.78 is 0. The van der Waals surface area contributed by atoms with Crippen molar-refractivity contribution in [1.29, 1.82) is 0 Å². The monoisotopic (exact) mass is 234 g/mol. The van der Waals surface area contributed by atoms with E-state index in [1.54, 1.807) is 5.57 Å². The molecule has 0 heterocycles. The van der Waals surface area contributed by atoms with Crippen LogP contribution in [-0.4, -0.2) is 0 Å². The van der Waals surface area contributed by atoms with E-state index in [-0.39, 0.29) is 10.8 Å². The Kier molecular flexibility index (Phi) is 3.42. The van der Waals surface area contributed by atoms with Crippen LogP contribution in [-0.2, 0) is 0 Å². The van der Waals surface area contributed by atoms with Crippen LogP contribution in [0.2, 0.25) is 0 Å². The summed E-state index contributed by atoms with van der Waals surface area (Å²) in [6.45, 7) is 20.9. The van der Waals surface area contributed by atoms with E-state index in [1.807, 2.05) is 0 Å². The Balaban J connectivity index is 3.22. The summed E-state index contributed by atoms with van der Waals surface area (Å²) in [6.07, 6.45) is 4.95. The average Bonchev–Trinajstić information content (AvgIpc) is 2.42. The van der Waals surface area contributed by atoms with Crippen molar-refractivity contribution in [2.75, 3.05) is 0 Å². The molecule has 0 aromatic heterocycles. The fourth-order valence-electron chi connectivity index (χ4n) is 2.44. The highest BCUT2D eigenvalue weighted by molar-refractivity contribution is 5.42. The van der Waals surface area contributed by atoms with Crippen LogP contribution in [0.15, 0.2) is 23.3 Å². The summed E-state index contributed by atoms with van der Waals surface area (Å²) in [7, 11) is 0. The van der Waals surface area contributed by atoms with Gasteiger partial charge in [0.1, 0.15) is 0 Å². The molecule has 0 fully saturated rings. The second-order valence-corrected chi connectivity index (χ2v) is 8.57. The predicted octanol–water partition coefficient (Wildman–Crippen LogP) is 5.61. The van der Waals surface area contributed by atoms with E-state index in [0.29, 0.717) is 11.3 Å². The lowest BCUT2D eigenvalue weighted by Crippen LogP contribution is -2.25. The van der Waals surface area contributed by atoms with Gasteiger partial charge in [0.05, 0.1) is 0 Å². The largest absolute Gasteiger partial charge is 0.0730 e. The maximum absolute atomic E-state index is 2.50. The Hall–Kier alpha value is -0.520. The first kappa shape index (κ1) is 14.5. The molecule has 1 rings (SSSR count). The highest BCUT2D eigenvalue weighted by atomic mass is 14.4. The van der Waals surface area contributed by atoms with E-state index in [1.165, 1.54) is 5.57 Å². The molecule has 1 unspecified atom stereocenters. The molecule has 1 aliphatic rings. The van der Waals surface area contributed by atoms with Crippen molar-refractivity contribution in [3.8, 4) is 0 Å². The zero-order valence-electron chi connectivity index (χ0n) is 13.2. The molecule has 0 spiro atoms. The maximum Gasteiger partial charge on any atom is 0.00398 e. The van der Waals surface area contributed by atoms with Gasteiger partial charge in [0.25, 0.3) is 0 Å². The first-order valence-corrected chi connectivity index (χ1v) is 6.78. The van der Waals surface area contributed by atoms with Gasteiger partial charge in [-0.25, -0.2) is 0 Å². The Labute approximate surface area is 108 Å². The predicted molar refractivity (Wildman–Crippen MR) is 78.0 cm³/mol. The maximum atomic E-state index is 2.50. The van der Waals surface area contributed by atoms with Crippen molar-refractivity contribution < 1.29 is 0 Å². The first-order chi connectivity index (χ1) is 7.33. The Bertz CT molecular complexity index is 345. The number of hydrogen-bond acceptors (Lipinski definition) is 0. The molecule has 0 heteroatoms. The molecule has 0 radical (unpaired) electrons. The summed E-state index contributed by atoms with van der Waals surface area (Å²) >= 11 is 0. The Morgan fingerprint density at radius 1 is 0.765 bits per heavy atom. The van der Waals surface area contributed by atoms with Crippen molar-refractivity contribution in [2.24, 2.45) is 22.2 Å². The van der Waals surface area contributed by atoms with Gasteiger partial charge in [0.15, 0.2) is 0 Å². The minimum atomic E-state index is 0.260. The van der Waals surface area contributed by atoms with Gasteiger partial charge in [0, 0.05) is 5.92 Å². The minimum Gasteiger partial charge on any atom is -0.0730 e. The van der Waals surface area contributed by atoms with E-state index < -0.39 is 0 Å².